The van der Waals surface area contributed by atoms with Crippen molar-refractivity contribution in [1.82, 2.24) is 5.32 Å². The van der Waals surface area contributed by atoms with Crippen LogP contribution in [0.4, 0.5) is 0 Å². The number of halogens is 1. The van der Waals surface area contributed by atoms with Crippen molar-refractivity contribution in [3.8, 4) is 0 Å². The largest absolute Gasteiger partial charge is 0.368 e. The number of hydrogen-bond acceptors (Lipinski definition) is 2. The smallest absolute Gasteiger partial charge is 0.237 e. The molecule has 0 aromatic heterocycles. The Labute approximate surface area is 105 Å². The van der Waals surface area contributed by atoms with Gasteiger partial charge in [-0.3, -0.25) is 10.1 Å². The zero-order valence-electron chi connectivity index (χ0n) is 9.80. The van der Waals surface area contributed by atoms with Crippen LogP contribution in [-0.4, -0.2) is 11.4 Å². The molecule has 0 unspecified atom stereocenters. The van der Waals surface area contributed by atoms with E-state index in [2.05, 4.69) is 21.2 Å². The lowest BCUT2D eigenvalue weighted by Gasteiger charge is -2.22. The molecule has 1 rings (SSSR count). The van der Waals surface area contributed by atoms with Crippen molar-refractivity contribution in [1.29, 1.82) is 0 Å². The Balaban J connectivity index is 2.68. The Bertz CT molecular complexity index is 402. The van der Waals surface area contributed by atoms with Crippen LogP contribution in [0.2, 0.25) is 0 Å². The summed E-state index contributed by atoms with van der Waals surface area (Å²) in [5, 5.41) is 3.13. The first-order valence-corrected chi connectivity index (χ1v) is 5.92. The molecule has 0 aliphatic carbocycles. The van der Waals surface area contributed by atoms with E-state index in [1.807, 2.05) is 25.1 Å². The van der Waals surface area contributed by atoms with E-state index >= 15 is 0 Å². The van der Waals surface area contributed by atoms with E-state index in [0.717, 1.165) is 10.0 Å². The maximum absolute atomic E-state index is 11.1. The third kappa shape index (κ3) is 3.32. The van der Waals surface area contributed by atoms with E-state index in [1.165, 1.54) is 5.56 Å². The number of benzene rings is 1. The summed E-state index contributed by atoms with van der Waals surface area (Å²) >= 11 is 3.48. The maximum atomic E-state index is 11.1. The molecule has 0 atom stereocenters. The van der Waals surface area contributed by atoms with Crippen molar-refractivity contribution in [2.45, 2.75) is 32.9 Å². The summed E-state index contributed by atoms with van der Waals surface area (Å²) in [6, 6.07) is 6.11. The van der Waals surface area contributed by atoms with Crippen LogP contribution < -0.4 is 11.1 Å². The first kappa shape index (κ1) is 13.2. The van der Waals surface area contributed by atoms with Gasteiger partial charge in [0.05, 0.1) is 5.54 Å². The third-order valence-electron chi connectivity index (χ3n) is 2.59. The van der Waals surface area contributed by atoms with Crippen molar-refractivity contribution >= 4 is 21.8 Å². The van der Waals surface area contributed by atoms with Gasteiger partial charge in [-0.1, -0.05) is 28.1 Å². The SMILES string of the molecule is Cc1ccc(CNC(C)(C)C(N)=O)cc1Br. The number of rotatable bonds is 4. The second-order valence-corrected chi connectivity index (χ2v) is 5.28. The van der Waals surface area contributed by atoms with Crippen LogP contribution in [-0.2, 0) is 11.3 Å². The molecule has 0 bridgehead atoms. The molecule has 88 valence electrons. The van der Waals surface area contributed by atoms with Gasteiger partial charge in [0.15, 0.2) is 0 Å². The predicted octanol–water partition coefficient (Wildman–Crippen LogP) is 2.11. The molecular weight excluding hydrogens is 268 g/mol. The number of amides is 1. The van der Waals surface area contributed by atoms with Crippen molar-refractivity contribution in [2.24, 2.45) is 5.73 Å². The van der Waals surface area contributed by atoms with Gasteiger partial charge in [-0.2, -0.15) is 0 Å². The Morgan fingerprint density at radius 1 is 1.50 bits per heavy atom. The molecule has 0 saturated carbocycles. The van der Waals surface area contributed by atoms with Crippen LogP contribution in [0.25, 0.3) is 0 Å². The fourth-order valence-corrected chi connectivity index (χ4v) is 1.58. The number of nitrogens with one attached hydrogen (secondary N) is 1. The Kier molecular flexibility index (Phi) is 4.10. The second-order valence-electron chi connectivity index (χ2n) is 4.43. The summed E-state index contributed by atoms with van der Waals surface area (Å²) in [5.74, 6) is -0.348. The molecule has 0 fully saturated rings. The zero-order valence-corrected chi connectivity index (χ0v) is 11.4. The molecule has 1 aromatic rings. The second kappa shape index (κ2) is 4.97. The molecule has 16 heavy (non-hydrogen) atoms. The van der Waals surface area contributed by atoms with Gasteiger partial charge < -0.3 is 5.73 Å². The van der Waals surface area contributed by atoms with E-state index in [0.29, 0.717) is 6.54 Å². The average Bonchev–Trinajstić information content (AvgIpc) is 2.20. The lowest BCUT2D eigenvalue weighted by molar-refractivity contribution is -0.123. The number of hydrogen-bond donors (Lipinski definition) is 2. The molecule has 4 heteroatoms. The molecule has 0 spiro atoms. The summed E-state index contributed by atoms with van der Waals surface area (Å²) in [5.41, 5.74) is 6.90. The molecule has 0 saturated heterocycles. The molecule has 1 aromatic carbocycles. The van der Waals surface area contributed by atoms with Crippen LogP contribution in [0.3, 0.4) is 0 Å². The molecule has 1 amide bonds. The van der Waals surface area contributed by atoms with Gasteiger partial charge in [-0.05, 0) is 38.0 Å². The summed E-state index contributed by atoms with van der Waals surface area (Å²) in [7, 11) is 0. The number of primary amides is 1. The number of carbonyl (C=O) groups excluding carboxylic acids is 1. The normalized spacial score (nSPS) is 11.5. The monoisotopic (exact) mass is 284 g/mol. The van der Waals surface area contributed by atoms with E-state index in [4.69, 9.17) is 5.73 Å². The average molecular weight is 285 g/mol. The lowest BCUT2D eigenvalue weighted by atomic mass is 10.0. The third-order valence-corrected chi connectivity index (χ3v) is 3.44. The highest BCUT2D eigenvalue weighted by molar-refractivity contribution is 9.10. The van der Waals surface area contributed by atoms with Gasteiger partial charge in [-0.15, -0.1) is 0 Å². The van der Waals surface area contributed by atoms with Crippen LogP contribution in [0.1, 0.15) is 25.0 Å². The van der Waals surface area contributed by atoms with Gasteiger partial charge in [-0.25, -0.2) is 0 Å². The molecule has 3 N–H and O–H groups in total. The Hall–Kier alpha value is -0.870. The van der Waals surface area contributed by atoms with Crippen LogP contribution in [0.5, 0.6) is 0 Å². The van der Waals surface area contributed by atoms with Crippen molar-refractivity contribution in [2.75, 3.05) is 0 Å². The standard InChI is InChI=1S/C12H17BrN2O/c1-8-4-5-9(6-10(8)13)7-15-12(2,3)11(14)16/h4-6,15H,7H2,1-3H3,(H2,14,16). The van der Waals surface area contributed by atoms with Crippen molar-refractivity contribution < 1.29 is 4.79 Å². The van der Waals surface area contributed by atoms with Crippen LogP contribution in [0, 0.1) is 6.92 Å². The van der Waals surface area contributed by atoms with Crippen molar-refractivity contribution in [3.05, 3.63) is 33.8 Å². The summed E-state index contributed by atoms with van der Waals surface area (Å²) in [6.45, 7) is 6.21. The van der Waals surface area contributed by atoms with Gasteiger partial charge >= 0.3 is 0 Å². The Morgan fingerprint density at radius 3 is 2.62 bits per heavy atom. The zero-order chi connectivity index (χ0) is 12.3. The number of carbonyl (C=O) groups is 1. The first-order valence-electron chi connectivity index (χ1n) is 5.13. The minimum Gasteiger partial charge on any atom is -0.368 e. The highest BCUT2D eigenvalue weighted by Gasteiger charge is 2.23. The van der Waals surface area contributed by atoms with E-state index in [9.17, 15) is 4.79 Å². The maximum Gasteiger partial charge on any atom is 0.237 e. The first-order chi connectivity index (χ1) is 7.33. The molecule has 0 aliphatic heterocycles. The number of aryl methyl sites for hydroxylation is 1. The van der Waals surface area contributed by atoms with Gasteiger partial charge in [0.1, 0.15) is 0 Å². The highest BCUT2D eigenvalue weighted by atomic mass is 79.9. The van der Waals surface area contributed by atoms with Gasteiger partial charge in [0, 0.05) is 11.0 Å². The van der Waals surface area contributed by atoms with Crippen LogP contribution in [0.15, 0.2) is 22.7 Å². The van der Waals surface area contributed by atoms with E-state index in [1.54, 1.807) is 13.8 Å². The number of nitrogens with two attached hydrogens (primary N) is 1. The molecular formula is C12H17BrN2O. The molecule has 0 radical (unpaired) electrons. The lowest BCUT2D eigenvalue weighted by Crippen LogP contribution is -2.50. The summed E-state index contributed by atoms with van der Waals surface area (Å²) < 4.78 is 1.07. The van der Waals surface area contributed by atoms with Gasteiger partial charge in [0.25, 0.3) is 0 Å². The minimum absolute atomic E-state index is 0.348. The fraction of sp³-hybridized carbons (Fsp3) is 0.417. The fourth-order valence-electron chi connectivity index (χ4n) is 1.16. The van der Waals surface area contributed by atoms with Gasteiger partial charge in [0.2, 0.25) is 5.91 Å². The van der Waals surface area contributed by atoms with Crippen LogP contribution >= 0.6 is 15.9 Å². The van der Waals surface area contributed by atoms with E-state index < -0.39 is 5.54 Å². The van der Waals surface area contributed by atoms with Crippen molar-refractivity contribution in [3.63, 3.8) is 0 Å². The summed E-state index contributed by atoms with van der Waals surface area (Å²) in [4.78, 5) is 11.1. The molecule has 0 heterocycles. The van der Waals surface area contributed by atoms with E-state index in [-0.39, 0.29) is 5.91 Å². The highest BCUT2D eigenvalue weighted by Crippen LogP contribution is 2.17. The topological polar surface area (TPSA) is 55.1 Å². The predicted molar refractivity (Wildman–Crippen MR) is 69.0 cm³/mol. The Morgan fingerprint density at radius 2 is 2.12 bits per heavy atom. The summed E-state index contributed by atoms with van der Waals surface area (Å²) in [6.07, 6.45) is 0. The molecule has 0 aliphatic rings. The molecule has 3 nitrogen and oxygen atoms in total. The quantitative estimate of drug-likeness (QED) is 0.890. The minimum atomic E-state index is -0.683.